The number of methoxy groups -OCH3 is 1. The Morgan fingerprint density at radius 2 is 1.08 bits per heavy atom. The molecule has 2 amide bonds. The van der Waals surface area contributed by atoms with Gasteiger partial charge in [0, 0.05) is 24.2 Å². The maximum Gasteiger partial charge on any atom is 0.340 e. The molecule has 0 heterocycles. The number of carboxylic acids is 1. The number of ether oxygens (including phenoxy) is 1. The van der Waals surface area contributed by atoms with Crippen LogP contribution >= 0.6 is 0 Å². The van der Waals surface area contributed by atoms with Crippen molar-refractivity contribution in [1.82, 2.24) is 0 Å². The summed E-state index contributed by atoms with van der Waals surface area (Å²) < 4.78 is 34.1. The number of carbonyl (C=O) groups is 4. The molecule has 51 heavy (non-hydrogen) atoms. The van der Waals surface area contributed by atoms with E-state index >= 15 is 0 Å². The number of esters is 1. The van der Waals surface area contributed by atoms with E-state index < -0.39 is 35.0 Å². The first-order valence-corrected chi connectivity index (χ1v) is 16.0. The highest BCUT2D eigenvalue weighted by molar-refractivity contribution is 6.08. The fraction of sp³-hybridized carbons (Fsp3) is 0.231. The molecule has 10 nitrogen and oxygen atoms in total. The van der Waals surface area contributed by atoms with Crippen LogP contribution in [0.4, 0.5) is 31.5 Å². The third-order valence-electron chi connectivity index (χ3n) is 8.43. The van der Waals surface area contributed by atoms with Gasteiger partial charge in [-0.25, -0.2) is 28.1 Å². The lowest BCUT2D eigenvalue weighted by molar-refractivity contribution is 0.0594. The normalized spacial score (nSPS) is 13.0. The van der Waals surface area contributed by atoms with E-state index in [1.807, 2.05) is 0 Å². The highest BCUT2D eigenvalue weighted by Gasteiger charge is 2.32. The molecule has 0 spiro atoms. The van der Waals surface area contributed by atoms with Gasteiger partial charge in [0.15, 0.2) is 23.0 Å². The van der Waals surface area contributed by atoms with Gasteiger partial charge >= 0.3 is 11.9 Å². The average Bonchev–Trinajstić information content (AvgIpc) is 4.10. The van der Waals surface area contributed by atoms with Crippen LogP contribution in [0.5, 0.6) is 0 Å². The number of halogens is 2. The Bertz CT molecular complexity index is 2050. The summed E-state index contributed by atoms with van der Waals surface area (Å²) in [6, 6.07) is 20.7. The Morgan fingerprint density at radius 3 is 1.43 bits per heavy atom. The first-order chi connectivity index (χ1) is 24.6. The Labute approximate surface area is 293 Å². The lowest BCUT2D eigenvalue weighted by atomic mass is 10.1. The van der Waals surface area contributed by atoms with Gasteiger partial charge in [-0.2, -0.15) is 0 Å². The number of hydrogen-bond acceptors (Lipinski definition) is 5. The Balaban J connectivity index is 0.000000198. The molecule has 2 aliphatic carbocycles. The van der Waals surface area contributed by atoms with Crippen molar-refractivity contribution < 1.29 is 37.8 Å². The molecule has 0 radical (unpaired) electrons. The molecular formula is C39H32F2N4O6. The predicted molar refractivity (Wildman–Crippen MR) is 185 cm³/mol. The fourth-order valence-electron chi connectivity index (χ4n) is 5.26. The molecule has 2 saturated carbocycles. The quantitative estimate of drug-likeness (QED) is 0.132. The van der Waals surface area contributed by atoms with Crippen molar-refractivity contribution in [2.75, 3.05) is 30.0 Å². The van der Waals surface area contributed by atoms with Gasteiger partial charge in [-0.1, -0.05) is 60.7 Å². The highest BCUT2D eigenvalue weighted by atomic mass is 19.1. The zero-order chi connectivity index (χ0) is 36.7. The van der Waals surface area contributed by atoms with Gasteiger partial charge in [0.2, 0.25) is 0 Å². The van der Waals surface area contributed by atoms with Gasteiger partial charge in [-0.05, 0) is 61.8 Å². The number of hydrogen-bond donors (Lipinski definition) is 1. The largest absolute Gasteiger partial charge is 0.478 e. The van der Waals surface area contributed by atoms with Crippen LogP contribution in [0.2, 0.25) is 0 Å². The number of rotatable bonds is 10. The molecule has 6 rings (SSSR count). The Hall–Kier alpha value is -6.40. The van der Waals surface area contributed by atoms with Crippen LogP contribution in [-0.2, 0) is 4.74 Å². The molecule has 4 aromatic carbocycles. The molecule has 0 atom stereocenters. The monoisotopic (exact) mass is 690 g/mol. The van der Waals surface area contributed by atoms with E-state index in [0.29, 0.717) is 47.4 Å². The van der Waals surface area contributed by atoms with Gasteiger partial charge in [0.05, 0.1) is 42.8 Å². The SMILES string of the molecule is [C-]#[N+]c1ccc(C(=O)N(CC2CC2)c2cccc(C(=O)O)c2F)cc1.[C-]#[N+]c1ccc(C(=O)N(CC2CC2)c2cccc(C(=O)OC)c2F)cc1. The average molecular weight is 691 g/mol. The molecular weight excluding hydrogens is 658 g/mol. The van der Waals surface area contributed by atoms with Crippen molar-refractivity contribution in [1.29, 1.82) is 0 Å². The molecule has 258 valence electrons. The van der Waals surface area contributed by atoms with E-state index in [1.54, 1.807) is 24.3 Å². The maximum absolute atomic E-state index is 14.9. The number of carboxylic acid groups (broad SMARTS) is 1. The summed E-state index contributed by atoms with van der Waals surface area (Å²) in [6.45, 7) is 14.7. The highest BCUT2D eigenvalue weighted by Crippen LogP contribution is 2.35. The Morgan fingerprint density at radius 1 is 0.686 bits per heavy atom. The van der Waals surface area contributed by atoms with Crippen molar-refractivity contribution in [3.8, 4) is 0 Å². The molecule has 0 saturated heterocycles. The third-order valence-corrected chi connectivity index (χ3v) is 8.43. The second kappa shape index (κ2) is 15.9. The number of carbonyl (C=O) groups excluding carboxylic acids is 3. The van der Waals surface area contributed by atoms with Crippen LogP contribution in [0, 0.1) is 36.6 Å². The smallest absolute Gasteiger partial charge is 0.340 e. The summed E-state index contributed by atoms with van der Waals surface area (Å²) in [5.41, 5.74) is 0.870. The van der Waals surface area contributed by atoms with Crippen molar-refractivity contribution in [3.63, 3.8) is 0 Å². The summed E-state index contributed by atoms with van der Waals surface area (Å²) in [5, 5.41) is 9.11. The number of amides is 2. The lowest BCUT2D eigenvalue weighted by Crippen LogP contribution is -2.34. The summed E-state index contributed by atoms with van der Waals surface area (Å²) in [5.74, 6) is -4.02. The minimum absolute atomic E-state index is 0.0361. The zero-order valence-electron chi connectivity index (χ0n) is 27.5. The van der Waals surface area contributed by atoms with E-state index in [-0.39, 0.29) is 22.8 Å². The number of aromatic carboxylic acids is 1. The first-order valence-electron chi connectivity index (χ1n) is 16.0. The van der Waals surface area contributed by atoms with Crippen molar-refractivity contribution in [2.24, 2.45) is 11.8 Å². The van der Waals surface area contributed by atoms with E-state index in [1.165, 1.54) is 77.6 Å². The maximum atomic E-state index is 14.9. The van der Waals surface area contributed by atoms with Gasteiger partial charge < -0.3 is 19.6 Å². The van der Waals surface area contributed by atoms with Crippen molar-refractivity contribution in [2.45, 2.75) is 25.7 Å². The van der Waals surface area contributed by atoms with Gasteiger partial charge in [0.25, 0.3) is 11.8 Å². The number of anilines is 2. The standard InChI is InChI=1S/C20H17FN2O3.C19H15FN2O3/c1-22-15-10-8-14(9-11-15)19(24)23(12-13-6-7-13)17-5-3-4-16(18(17)21)20(25)26-2;1-21-14-9-7-13(8-10-14)18(23)22(11-12-5-6-12)16-4-2-3-15(17(16)20)19(24)25/h3-5,8-11,13H,6-7,12H2,2H3;2-4,7-10,12H,5-6,11H2,(H,24,25). The van der Waals surface area contributed by atoms with Gasteiger partial charge in [-0.3, -0.25) is 9.59 Å². The minimum Gasteiger partial charge on any atom is -0.478 e. The Kier molecular flexibility index (Phi) is 11.2. The number of nitrogens with zero attached hydrogens (tertiary/aromatic N) is 4. The summed E-state index contributed by atoms with van der Waals surface area (Å²) in [4.78, 5) is 58.0. The molecule has 2 aliphatic rings. The second-order valence-electron chi connectivity index (χ2n) is 12.1. The predicted octanol–water partition coefficient (Wildman–Crippen LogP) is 8.35. The van der Waals surface area contributed by atoms with E-state index in [4.69, 9.17) is 18.3 Å². The van der Waals surface area contributed by atoms with Crippen molar-refractivity contribution >= 4 is 46.5 Å². The molecule has 12 heteroatoms. The first kappa shape index (κ1) is 35.9. The van der Waals surface area contributed by atoms with Crippen LogP contribution in [-0.4, -0.2) is 49.1 Å². The molecule has 0 aliphatic heterocycles. The third kappa shape index (κ3) is 8.61. The minimum atomic E-state index is -1.38. The molecule has 4 aromatic rings. The molecule has 1 N–H and O–H groups in total. The van der Waals surface area contributed by atoms with E-state index in [0.717, 1.165) is 25.7 Å². The van der Waals surface area contributed by atoms with Crippen LogP contribution in [0.3, 0.4) is 0 Å². The molecule has 0 unspecified atom stereocenters. The van der Waals surface area contributed by atoms with Gasteiger partial charge in [-0.15, -0.1) is 0 Å². The van der Waals surface area contributed by atoms with Crippen LogP contribution < -0.4 is 9.80 Å². The zero-order valence-corrected chi connectivity index (χ0v) is 27.5. The van der Waals surface area contributed by atoms with Crippen LogP contribution in [0.1, 0.15) is 67.1 Å². The lowest BCUT2D eigenvalue weighted by Gasteiger charge is -2.24. The topological polar surface area (TPSA) is 113 Å². The van der Waals surface area contributed by atoms with Crippen LogP contribution in [0.25, 0.3) is 9.69 Å². The van der Waals surface area contributed by atoms with Crippen LogP contribution in [0.15, 0.2) is 84.9 Å². The molecule has 0 bridgehead atoms. The fourth-order valence-corrected chi connectivity index (χ4v) is 5.26. The summed E-state index contributed by atoms with van der Waals surface area (Å²) in [6.07, 6.45) is 3.89. The summed E-state index contributed by atoms with van der Waals surface area (Å²) in [7, 11) is 1.18. The van der Waals surface area contributed by atoms with Crippen molar-refractivity contribution in [3.05, 3.63) is 142 Å². The van der Waals surface area contributed by atoms with E-state index in [2.05, 4.69) is 14.4 Å². The summed E-state index contributed by atoms with van der Waals surface area (Å²) >= 11 is 0. The van der Waals surface area contributed by atoms with Gasteiger partial charge in [0.1, 0.15) is 0 Å². The van der Waals surface area contributed by atoms with E-state index in [9.17, 15) is 28.0 Å². The number of benzene rings is 4. The molecule has 0 aromatic heterocycles. The molecule has 2 fully saturated rings. The second-order valence-corrected chi connectivity index (χ2v) is 12.1.